The number of benzene rings is 2. The van der Waals surface area contributed by atoms with E-state index in [-0.39, 0.29) is 24.2 Å². The van der Waals surface area contributed by atoms with E-state index in [4.69, 9.17) is 16.3 Å². The molecule has 0 unspecified atom stereocenters. The Hall–Kier alpha value is -2.78. The largest absolute Gasteiger partial charge is 0.497 e. The number of hydrogen-bond donors (Lipinski definition) is 1. The van der Waals surface area contributed by atoms with Crippen molar-refractivity contribution in [2.45, 2.75) is 52.7 Å². The minimum Gasteiger partial charge on any atom is -0.497 e. The zero-order chi connectivity index (χ0) is 26.3. The lowest BCUT2D eigenvalue weighted by atomic mass is 10.1. The van der Waals surface area contributed by atoms with Crippen molar-refractivity contribution >= 4 is 39.1 Å². The maximum atomic E-state index is 13.6. The maximum absolute atomic E-state index is 13.6. The minimum atomic E-state index is -3.82. The predicted octanol–water partition coefficient (Wildman–Crippen LogP) is 3.76. The molecule has 0 saturated carbocycles. The summed E-state index contributed by atoms with van der Waals surface area (Å²) >= 11 is 6.22. The Morgan fingerprint density at radius 3 is 2.40 bits per heavy atom. The van der Waals surface area contributed by atoms with Crippen LogP contribution in [0.4, 0.5) is 5.69 Å². The van der Waals surface area contributed by atoms with Crippen LogP contribution in [-0.4, -0.2) is 57.1 Å². The average Bonchev–Trinajstić information content (AvgIpc) is 2.81. The predicted molar refractivity (Wildman–Crippen MR) is 139 cm³/mol. The van der Waals surface area contributed by atoms with Crippen molar-refractivity contribution in [1.82, 2.24) is 10.2 Å². The molecule has 0 spiro atoms. The van der Waals surface area contributed by atoms with Crippen molar-refractivity contribution in [2.24, 2.45) is 0 Å². The highest BCUT2D eigenvalue weighted by Crippen LogP contribution is 2.25. The Morgan fingerprint density at radius 2 is 1.83 bits per heavy atom. The fourth-order valence-corrected chi connectivity index (χ4v) is 4.38. The quantitative estimate of drug-likeness (QED) is 0.484. The second-order valence-electron chi connectivity index (χ2n) is 8.57. The summed E-state index contributed by atoms with van der Waals surface area (Å²) in [5.74, 6) is -0.236. The molecule has 1 N–H and O–H groups in total. The van der Waals surface area contributed by atoms with Crippen LogP contribution in [0.5, 0.6) is 5.75 Å². The van der Waals surface area contributed by atoms with Gasteiger partial charge in [-0.2, -0.15) is 0 Å². The number of halogens is 1. The van der Waals surface area contributed by atoms with Gasteiger partial charge in [-0.25, -0.2) is 8.42 Å². The summed E-state index contributed by atoms with van der Waals surface area (Å²) in [4.78, 5) is 27.9. The molecule has 2 aromatic carbocycles. The van der Waals surface area contributed by atoms with E-state index in [1.807, 2.05) is 19.9 Å². The molecule has 0 bridgehead atoms. The van der Waals surface area contributed by atoms with Crippen LogP contribution in [0, 0.1) is 6.92 Å². The third-order valence-corrected chi connectivity index (χ3v) is 7.33. The van der Waals surface area contributed by atoms with E-state index in [0.29, 0.717) is 10.8 Å². The van der Waals surface area contributed by atoms with Crippen molar-refractivity contribution < 1.29 is 22.7 Å². The summed E-state index contributed by atoms with van der Waals surface area (Å²) in [6.07, 6.45) is 1.76. The fourth-order valence-electron chi connectivity index (χ4n) is 3.37. The molecule has 0 saturated heterocycles. The number of aryl methyl sites for hydroxylation is 1. The molecule has 2 aromatic rings. The zero-order valence-electron chi connectivity index (χ0n) is 21.0. The van der Waals surface area contributed by atoms with Crippen LogP contribution in [0.25, 0.3) is 0 Å². The molecule has 8 nitrogen and oxygen atoms in total. The number of sulfonamides is 1. The van der Waals surface area contributed by atoms with E-state index < -0.39 is 28.5 Å². The number of carbonyl (C=O) groups excluding carboxylic acids is 2. The van der Waals surface area contributed by atoms with Gasteiger partial charge in [-0.15, -0.1) is 0 Å². The van der Waals surface area contributed by atoms with Gasteiger partial charge >= 0.3 is 0 Å². The summed E-state index contributed by atoms with van der Waals surface area (Å²) in [5, 5.41) is 3.28. The molecule has 0 aromatic heterocycles. The summed E-state index contributed by atoms with van der Waals surface area (Å²) < 4.78 is 31.5. The van der Waals surface area contributed by atoms with Gasteiger partial charge in [-0.05, 0) is 62.6 Å². The van der Waals surface area contributed by atoms with Crippen LogP contribution in [0.15, 0.2) is 42.5 Å². The van der Waals surface area contributed by atoms with Gasteiger partial charge in [0.25, 0.3) is 0 Å². The number of nitrogens with one attached hydrogen (secondary N) is 1. The molecule has 10 heteroatoms. The lowest BCUT2D eigenvalue weighted by Gasteiger charge is -2.32. The first-order chi connectivity index (χ1) is 16.4. The van der Waals surface area contributed by atoms with Crippen LogP contribution in [0.2, 0.25) is 5.02 Å². The Balaban J connectivity index is 2.42. The molecular formula is C25H34ClN3O5S. The SMILES string of the molecule is CC[C@@H](C)NC(=O)[C@H](C)N(Cc1cccc(OC)c1)C(=O)CN(c1ccc(C)c(Cl)c1)S(C)(=O)=O. The molecule has 0 aliphatic rings. The molecule has 0 fully saturated rings. The van der Waals surface area contributed by atoms with Crippen molar-refractivity contribution in [2.75, 3.05) is 24.2 Å². The van der Waals surface area contributed by atoms with Crippen LogP contribution >= 0.6 is 11.6 Å². The lowest BCUT2D eigenvalue weighted by molar-refractivity contribution is -0.139. The Labute approximate surface area is 213 Å². The van der Waals surface area contributed by atoms with E-state index in [9.17, 15) is 18.0 Å². The molecule has 192 valence electrons. The molecular weight excluding hydrogens is 490 g/mol. The summed E-state index contributed by atoms with van der Waals surface area (Å²) in [7, 11) is -2.28. The topological polar surface area (TPSA) is 96.0 Å². The third kappa shape index (κ3) is 7.86. The van der Waals surface area contributed by atoms with E-state index >= 15 is 0 Å². The smallest absolute Gasteiger partial charge is 0.244 e. The fraction of sp³-hybridized carbons (Fsp3) is 0.440. The number of ether oxygens (including phenoxy) is 1. The number of methoxy groups -OCH3 is 1. The van der Waals surface area contributed by atoms with E-state index in [1.54, 1.807) is 51.3 Å². The lowest BCUT2D eigenvalue weighted by Crippen LogP contribution is -2.52. The number of carbonyl (C=O) groups is 2. The summed E-state index contributed by atoms with van der Waals surface area (Å²) in [6.45, 7) is 6.87. The van der Waals surface area contributed by atoms with Crippen LogP contribution in [0.1, 0.15) is 38.3 Å². The number of anilines is 1. The van der Waals surface area contributed by atoms with Gasteiger partial charge in [0.2, 0.25) is 21.8 Å². The van der Waals surface area contributed by atoms with Gasteiger partial charge in [0, 0.05) is 17.6 Å². The Kier molecular flexibility index (Phi) is 9.97. The van der Waals surface area contributed by atoms with Crippen LogP contribution in [-0.2, 0) is 26.2 Å². The second kappa shape index (κ2) is 12.3. The highest BCUT2D eigenvalue weighted by atomic mass is 35.5. The molecule has 0 heterocycles. The highest BCUT2D eigenvalue weighted by molar-refractivity contribution is 7.92. The average molecular weight is 524 g/mol. The number of nitrogens with zero attached hydrogens (tertiary/aromatic N) is 2. The van der Waals surface area contributed by atoms with Gasteiger partial charge in [0.15, 0.2) is 0 Å². The first-order valence-corrected chi connectivity index (χ1v) is 13.6. The van der Waals surface area contributed by atoms with Crippen LogP contribution < -0.4 is 14.4 Å². The Bertz CT molecular complexity index is 1160. The van der Waals surface area contributed by atoms with Gasteiger partial charge in [-0.1, -0.05) is 36.7 Å². The van der Waals surface area contributed by atoms with Crippen LogP contribution in [0.3, 0.4) is 0 Å². The summed E-state index contributed by atoms with van der Waals surface area (Å²) in [6, 6.07) is 11.0. The summed E-state index contributed by atoms with van der Waals surface area (Å²) in [5.41, 5.74) is 1.80. The minimum absolute atomic E-state index is 0.0686. The van der Waals surface area contributed by atoms with E-state index in [1.165, 1.54) is 11.0 Å². The molecule has 0 aliphatic heterocycles. The van der Waals surface area contributed by atoms with Gasteiger partial charge < -0.3 is 15.0 Å². The van der Waals surface area contributed by atoms with E-state index in [2.05, 4.69) is 5.32 Å². The van der Waals surface area contributed by atoms with Crippen molar-refractivity contribution in [3.05, 3.63) is 58.6 Å². The van der Waals surface area contributed by atoms with E-state index in [0.717, 1.165) is 28.1 Å². The zero-order valence-corrected chi connectivity index (χ0v) is 22.6. The number of rotatable bonds is 11. The molecule has 0 radical (unpaired) electrons. The molecule has 2 rings (SSSR count). The van der Waals surface area contributed by atoms with Gasteiger partial charge in [-0.3, -0.25) is 13.9 Å². The molecule has 35 heavy (non-hydrogen) atoms. The normalized spacial score (nSPS) is 13.0. The van der Waals surface area contributed by atoms with Crippen molar-refractivity contribution in [3.8, 4) is 5.75 Å². The molecule has 2 amide bonds. The monoisotopic (exact) mass is 523 g/mol. The van der Waals surface area contributed by atoms with Crippen molar-refractivity contribution in [1.29, 1.82) is 0 Å². The number of hydrogen-bond acceptors (Lipinski definition) is 5. The highest BCUT2D eigenvalue weighted by Gasteiger charge is 2.30. The standard InChI is InChI=1S/C25H34ClN3O5S/c1-7-18(3)27-25(31)19(4)28(15-20-9-8-10-22(13-20)34-5)24(30)16-29(35(6,32)33)21-12-11-17(2)23(26)14-21/h8-14,18-19H,7,15-16H2,1-6H3,(H,27,31)/t18-,19+/m1/s1. The maximum Gasteiger partial charge on any atom is 0.244 e. The third-order valence-electron chi connectivity index (χ3n) is 5.78. The first kappa shape index (κ1) is 28.5. The van der Waals surface area contributed by atoms with Gasteiger partial charge in [0.05, 0.1) is 19.1 Å². The number of amides is 2. The second-order valence-corrected chi connectivity index (χ2v) is 10.9. The molecule has 2 atom stereocenters. The first-order valence-electron chi connectivity index (χ1n) is 11.3. The van der Waals surface area contributed by atoms with Crippen molar-refractivity contribution in [3.63, 3.8) is 0 Å². The van der Waals surface area contributed by atoms with Gasteiger partial charge in [0.1, 0.15) is 18.3 Å². The molecule has 0 aliphatic carbocycles. The Morgan fingerprint density at radius 1 is 1.14 bits per heavy atom.